The molecule has 1 amide bonds. The number of rotatable bonds is 5. The van der Waals surface area contributed by atoms with Crippen LogP contribution in [0.1, 0.15) is 49.3 Å². The molecule has 2 aromatic rings. The van der Waals surface area contributed by atoms with Gasteiger partial charge in [-0.25, -0.2) is 0 Å². The lowest BCUT2D eigenvalue weighted by molar-refractivity contribution is -0.133. The van der Waals surface area contributed by atoms with E-state index in [4.69, 9.17) is 0 Å². The lowest BCUT2D eigenvalue weighted by Crippen LogP contribution is -2.38. The Hall–Kier alpha value is -1.65. The molecule has 3 unspecified atom stereocenters. The highest BCUT2D eigenvalue weighted by Gasteiger charge is 2.33. The lowest BCUT2D eigenvalue weighted by Gasteiger charge is -2.29. The number of carbonyl (C=O) groups excluding carboxylic acids is 1. The average Bonchev–Trinajstić information content (AvgIpc) is 3.26. The average molecular weight is 329 g/mol. The molecular weight excluding hydrogens is 306 g/mol. The summed E-state index contributed by atoms with van der Waals surface area (Å²) in [6.07, 6.45) is 2.11. The molecule has 1 aromatic carbocycles. The van der Waals surface area contributed by atoms with E-state index in [2.05, 4.69) is 0 Å². The van der Waals surface area contributed by atoms with Crippen LogP contribution in [0.2, 0.25) is 0 Å². The normalized spacial score (nSPS) is 20.4. The third-order valence-corrected chi connectivity index (χ3v) is 5.45. The van der Waals surface area contributed by atoms with Crippen molar-refractivity contribution in [2.24, 2.45) is 0 Å². The number of hydrogen-bond donors (Lipinski definition) is 1. The van der Waals surface area contributed by atoms with E-state index in [9.17, 15) is 9.90 Å². The number of benzene rings is 1. The third-order valence-electron chi connectivity index (χ3n) is 4.75. The van der Waals surface area contributed by atoms with E-state index >= 15 is 0 Å². The molecular formula is C19H23NO2S. The van der Waals surface area contributed by atoms with Gasteiger partial charge in [-0.15, -0.1) is 0 Å². The standard InChI is InChI=1S/C19H23NO2S/c1-14(16-9-11-23-13-16)19(22)20-10-5-8-17(20)12-18(21)15-6-3-2-4-7-15/h2-4,6-7,9,11,13-14,17-18,21H,5,8,10,12H2,1H3. The summed E-state index contributed by atoms with van der Waals surface area (Å²) in [6.45, 7) is 2.78. The molecule has 0 spiro atoms. The summed E-state index contributed by atoms with van der Waals surface area (Å²) in [5, 5.41) is 14.5. The van der Waals surface area contributed by atoms with Crippen molar-refractivity contribution >= 4 is 17.2 Å². The molecule has 0 aliphatic carbocycles. The summed E-state index contributed by atoms with van der Waals surface area (Å²) in [5.74, 6) is 0.0851. The summed E-state index contributed by atoms with van der Waals surface area (Å²) < 4.78 is 0. The molecule has 1 N–H and O–H groups in total. The monoisotopic (exact) mass is 329 g/mol. The first-order chi connectivity index (χ1) is 11.2. The Bertz CT molecular complexity index is 626. The first-order valence-corrected chi connectivity index (χ1v) is 9.16. The van der Waals surface area contributed by atoms with Crippen molar-refractivity contribution < 1.29 is 9.90 Å². The van der Waals surface area contributed by atoms with E-state index in [-0.39, 0.29) is 17.9 Å². The summed E-state index contributed by atoms with van der Waals surface area (Å²) in [7, 11) is 0. The van der Waals surface area contributed by atoms with E-state index in [1.807, 2.05) is 59.0 Å². The van der Waals surface area contributed by atoms with Crippen molar-refractivity contribution in [3.05, 3.63) is 58.3 Å². The number of likely N-dealkylation sites (tertiary alicyclic amines) is 1. The van der Waals surface area contributed by atoms with Gasteiger partial charge in [0, 0.05) is 12.6 Å². The van der Waals surface area contributed by atoms with E-state index < -0.39 is 6.10 Å². The van der Waals surface area contributed by atoms with E-state index in [0.29, 0.717) is 6.42 Å². The highest BCUT2D eigenvalue weighted by molar-refractivity contribution is 7.08. The summed E-state index contributed by atoms with van der Waals surface area (Å²) in [6, 6.07) is 11.9. The van der Waals surface area contributed by atoms with Crippen molar-refractivity contribution in [1.82, 2.24) is 4.90 Å². The molecule has 122 valence electrons. The summed E-state index contributed by atoms with van der Waals surface area (Å²) >= 11 is 1.63. The predicted octanol–water partition coefficient (Wildman–Crippen LogP) is 3.97. The highest BCUT2D eigenvalue weighted by atomic mass is 32.1. The molecule has 3 atom stereocenters. The molecule has 23 heavy (non-hydrogen) atoms. The van der Waals surface area contributed by atoms with Crippen LogP contribution in [0.3, 0.4) is 0 Å². The first-order valence-electron chi connectivity index (χ1n) is 8.22. The highest BCUT2D eigenvalue weighted by Crippen LogP contribution is 2.30. The van der Waals surface area contributed by atoms with Crippen LogP contribution in [0.25, 0.3) is 0 Å². The van der Waals surface area contributed by atoms with Crippen LogP contribution in [0.4, 0.5) is 0 Å². The Balaban J connectivity index is 1.67. The maximum Gasteiger partial charge on any atom is 0.230 e. The van der Waals surface area contributed by atoms with Gasteiger partial charge in [0.2, 0.25) is 5.91 Å². The summed E-state index contributed by atoms with van der Waals surface area (Å²) in [4.78, 5) is 14.8. The zero-order valence-corrected chi connectivity index (χ0v) is 14.2. The van der Waals surface area contributed by atoms with Crippen LogP contribution < -0.4 is 0 Å². The second kappa shape index (κ2) is 7.28. The quantitative estimate of drug-likeness (QED) is 0.902. The van der Waals surface area contributed by atoms with Gasteiger partial charge in [-0.1, -0.05) is 30.3 Å². The maximum absolute atomic E-state index is 12.8. The number of thiophene rings is 1. The van der Waals surface area contributed by atoms with Crippen molar-refractivity contribution in [3.63, 3.8) is 0 Å². The smallest absolute Gasteiger partial charge is 0.230 e. The number of hydrogen-bond acceptors (Lipinski definition) is 3. The van der Waals surface area contributed by atoms with Crippen LogP contribution in [0, 0.1) is 0 Å². The molecule has 1 aromatic heterocycles. The van der Waals surface area contributed by atoms with E-state index in [1.54, 1.807) is 11.3 Å². The Morgan fingerprint density at radius 3 is 2.78 bits per heavy atom. The SMILES string of the molecule is CC(C(=O)N1CCCC1CC(O)c1ccccc1)c1ccsc1. The fraction of sp³-hybridized carbons (Fsp3) is 0.421. The lowest BCUT2D eigenvalue weighted by atomic mass is 9.98. The fourth-order valence-corrected chi connectivity index (χ4v) is 4.11. The third kappa shape index (κ3) is 3.65. The second-order valence-corrected chi connectivity index (χ2v) is 7.05. The largest absolute Gasteiger partial charge is 0.388 e. The molecule has 3 nitrogen and oxygen atoms in total. The second-order valence-electron chi connectivity index (χ2n) is 6.27. The Morgan fingerprint density at radius 1 is 1.30 bits per heavy atom. The van der Waals surface area contributed by atoms with Crippen molar-refractivity contribution in [2.45, 2.75) is 44.2 Å². The van der Waals surface area contributed by atoms with Crippen molar-refractivity contribution in [3.8, 4) is 0 Å². The van der Waals surface area contributed by atoms with Gasteiger partial charge in [-0.05, 0) is 54.1 Å². The summed E-state index contributed by atoms with van der Waals surface area (Å²) in [5.41, 5.74) is 2.02. The minimum Gasteiger partial charge on any atom is -0.388 e. The molecule has 0 bridgehead atoms. The number of carbonyl (C=O) groups is 1. The van der Waals surface area contributed by atoms with Crippen molar-refractivity contribution in [2.75, 3.05) is 6.54 Å². The molecule has 2 heterocycles. The Labute approximate surface area is 141 Å². The minimum absolute atomic E-state index is 0.101. The number of aliphatic hydroxyl groups is 1. The molecule has 0 radical (unpaired) electrons. The first kappa shape index (κ1) is 16.2. The van der Waals surface area contributed by atoms with Gasteiger partial charge in [0.15, 0.2) is 0 Å². The van der Waals surface area contributed by atoms with Gasteiger partial charge in [0.05, 0.1) is 12.0 Å². The molecule has 1 aliphatic heterocycles. The van der Waals surface area contributed by atoms with Crippen LogP contribution in [-0.2, 0) is 4.79 Å². The zero-order chi connectivity index (χ0) is 16.2. The maximum atomic E-state index is 12.8. The molecule has 4 heteroatoms. The van der Waals surface area contributed by atoms with Gasteiger partial charge >= 0.3 is 0 Å². The molecule has 1 saturated heterocycles. The van der Waals surface area contributed by atoms with Gasteiger partial charge in [0.25, 0.3) is 0 Å². The number of aliphatic hydroxyl groups excluding tert-OH is 1. The minimum atomic E-state index is -0.508. The Morgan fingerprint density at radius 2 is 2.09 bits per heavy atom. The van der Waals surface area contributed by atoms with E-state index in [1.165, 1.54) is 0 Å². The number of nitrogens with zero attached hydrogens (tertiary/aromatic N) is 1. The topological polar surface area (TPSA) is 40.5 Å². The zero-order valence-electron chi connectivity index (χ0n) is 13.4. The van der Waals surface area contributed by atoms with Crippen molar-refractivity contribution in [1.29, 1.82) is 0 Å². The van der Waals surface area contributed by atoms with Crippen LogP contribution in [0.5, 0.6) is 0 Å². The fourth-order valence-electron chi connectivity index (χ4n) is 3.35. The van der Waals surface area contributed by atoms with Crippen LogP contribution in [0.15, 0.2) is 47.2 Å². The Kier molecular flexibility index (Phi) is 5.13. The van der Waals surface area contributed by atoms with Gasteiger partial charge in [-0.2, -0.15) is 11.3 Å². The van der Waals surface area contributed by atoms with Crippen LogP contribution in [-0.4, -0.2) is 28.5 Å². The van der Waals surface area contributed by atoms with Crippen LogP contribution >= 0.6 is 11.3 Å². The molecule has 1 fully saturated rings. The molecule has 0 saturated carbocycles. The number of amides is 1. The van der Waals surface area contributed by atoms with E-state index in [0.717, 1.165) is 30.5 Å². The van der Waals surface area contributed by atoms with Gasteiger partial charge in [0.1, 0.15) is 0 Å². The molecule has 1 aliphatic rings. The molecule has 3 rings (SSSR count). The van der Waals surface area contributed by atoms with Gasteiger partial charge in [-0.3, -0.25) is 4.79 Å². The van der Waals surface area contributed by atoms with Gasteiger partial charge < -0.3 is 10.0 Å². The predicted molar refractivity (Wildman–Crippen MR) is 93.5 cm³/mol.